The van der Waals surface area contributed by atoms with Crippen molar-refractivity contribution < 1.29 is 22.7 Å². The van der Waals surface area contributed by atoms with Gasteiger partial charge in [0.05, 0.1) is 6.04 Å². The van der Waals surface area contributed by atoms with E-state index in [1.54, 1.807) is 4.90 Å². The van der Waals surface area contributed by atoms with Gasteiger partial charge in [-0.3, -0.25) is 4.90 Å². The number of nitrogens with zero attached hydrogens (tertiary/aromatic N) is 1. The zero-order chi connectivity index (χ0) is 18.4. The number of benzene rings is 1. The fourth-order valence-corrected chi connectivity index (χ4v) is 3.62. The van der Waals surface area contributed by atoms with E-state index in [1.165, 1.54) is 0 Å². The Kier molecular flexibility index (Phi) is 4.56. The van der Waals surface area contributed by atoms with Crippen LogP contribution >= 0.6 is 0 Å². The van der Waals surface area contributed by atoms with Crippen LogP contribution in [0.15, 0.2) is 23.8 Å². The largest absolute Gasteiger partial charge is 0.444 e. The molecule has 136 valence electrons. The Bertz CT molecular complexity index is 701. The van der Waals surface area contributed by atoms with Crippen molar-refractivity contribution in [2.24, 2.45) is 0 Å². The lowest BCUT2D eigenvalue weighted by Gasteiger charge is -2.35. The third-order valence-electron chi connectivity index (χ3n) is 4.55. The van der Waals surface area contributed by atoms with Crippen LogP contribution in [0.25, 0.3) is 0 Å². The Labute approximate surface area is 145 Å². The van der Waals surface area contributed by atoms with Gasteiger partial charge in [-0.1, -0.05) is 11.6 Å². The number of hydrogen-bond donors (Lipinski definition) is 0. The fourth-order valence-electron chi connectivity index (χ4n) is 3.62. The number of fused-ring (bicyclic) bond motifs is 2. The maximum absolute atomic E-state index is 13.4. The first kappa shape index (κ1) is 17.8. The van der Waals surface area contributed by atoms with Gasteiger partial charge in [-0.15, -0.1) is 0 Å². The molecule has 2 bridgehead atoms. The smallest absolute Gasteiger partial charge is 0.411 e. The third-order valence-corrected chi connectivity index (χ3v) is 4.55. The summed E-state index contributed by atoms with van der Waals surface area (Å²) in [7, 11) is 0. The SMILES string of the molecule is CC(C)(C)OC(=O)N1C2C=C(Cc3cc(F)c(F)c(F)c3)CC1CC2. The molecule has 3 rings (SSSR count). The van der Waals surface area contributed by atoms with Crippen LogP contribution < -0.4 is 0 Å². The second-order valence-electron chi connectivity index (χ2n) is 7.77. The molecule has 0 radical (unpaired) electrons. The normalized spacial score (nSPS) is 22.8. The molecule has 3 nitrogen and oxygen atoms in total. The van der Waals surface area contributed by atoms with Gasteiger partial charge in [0, 0.05) is 6.04 Å². The Morgan fingerprint density at radius 3 is 2.40 bits per heavy atom. The third kappa shape index (κ3) is 3.83. The number of carbonyl (C=O) groups excluding carboxylic acids is 1. The molecule has 1 aromatic carbocycles. The monoisotopic (exact) mass is 353 g/mol. The molecule has 6 heteroatoms. The Balaban J connectivity index is 1.75. The summed E-state index contributed by atoms with van der Waals surface area (Å²) in [5.41, 5.74) is 0.856. The summed E-state index contributed by atoms with van der Waals surface area (Å²) in [5.74, 6) is -3.80. The molecule has 1 amide bonds. The van der Waals surface area contributed by atoms with Gasteiger partial charge in [-0.25, -0.2) is 18.0 Å². The van der Waals surface area contributed by atoms with Crippen molar-refractivity contribution in [2.45, 2.75) is 64.1 Å². The Hall–Kier alpha value is -1.98. The van der Waals surface area contributed by atoms with Gasteiger partial charge in [0.15, 0.2) is 17.5 Å². The highest BCUT2D eigenvalue weighted by Crippen LogP contribution is 2.37. The molecule has 0 aliphatic carbocycles. The molecule has 25 heavy (non-hydrogen) atoms. The molecule has 1 aromatic rings. The molecule has 2 aliphatic rings. The molecule has 2 aliphatic heterocycles. The first-order chi connectivity index (χ1) is 11.6. The number of halogens is 3. The van der Waals surface area contributed by atoms with Crippen molar-refractivity contribution in [1.29, 1.82) is 0 Å². The minimum Gasteiger partial charge on any atom is -0.444 e. The van der Waals surface area contributed by atoms with Crippen LogP contribution in [0, 0.1) is 17.5 Å². The zero-order valence-corrected chi connectivity index (χ0v) is 14.6. The number of amides is 1. The lowest BCUT2D eigenvalue weighted by Crippen LogP contribution is -2.45. The zero-order valence-electron chi connectivity index (χ0n) is 14.6. The predicted molar refractivity (Wildman–Crippen MR) is 87.6 cm³/mol. The van der Waals surface area contributed by atoms with Crippen LogP contribution in [0.5, 0.6) is 0 Å². The van der Waals surface area contributed by atoms with E-state index in [0.717, 1.165) is 30.5 Å². The molecule has 1 fully saturated rings. The lowest BCUT2D eigenvalue weighted by atomic mass is 9.95. The standard InChI is InChI=1S/C19H22F3NO2/c1-19(2,3)25-18(24)23-13-4-5-14(23)8-11(7-13)6-12-9-15(20)17(22)16(21)10-12/h7,9-10,13-14H,4-6,8H2,1-3H3. The summed E-state index contributed by atoms with van der Waals surface area (Å²) in [6, 6.07) is 2.04. The number of rotatable bonds is 2. The molecule has 0 aromatic heterocycles. The number of ether oxygens (including phenoxy) is 1. The summed E-state index contributed by atoms with van der Waals surface area (Å²) < 4.78 is 45.3. The van der Waals surface area contributed by atoms with E-state index in [9.17, 15) is 18.0 Å². The average Bonchev–Trinajstić information content (AvgIpc) is 2.75. The van der Waals surface area contributed by atoms with E-state index in [1.807, 2.05) is 26.8 Å². The molecule has 0 N–H and O–H groups in total. The van der Waals surface area contributed by atoms with Crippen LogP contribution in [0.4, 0.5) is 18.0 Å². The van der Waals surface area contributed by atoms with Crippen molar-refractivity contribution in [3.05, 3.63) is 46.8 Å². The van der Waals surface area contributed by atoms with Gasteiger partial charge in [0.1, 0.15) is 5.60 Å². The quantitative estimate of drug-likeness (QED) is 0.567. The number of hydrogen-bond acceptors (Lipinski definition) is 2. The molecule has 0 saturated carbocycles. The second kappa shape index (κ2) is 6.39. The van der Waals surface area contributed by atoms with Crippen molar-refractivity contribution in [3.63, 3.8) is 0 Å². The van der Waals surface area contributed by atoms with Crippen molar-refractivity contribution in [2.75, 3.05) is 0 Å². The fraction of sp³-hybridized carbons (Fsp3) is 0.526. The summed E-state index contributed by atoms with van der Waals surface area (Å²) in [6.45, 7) is 5.49. The van der Waals surface area contributed by atoms with Gasteiger partial charge in [0.2, 0.25) is 0 Å². The van der Waals surface area contributed by atoms with Gasteiger partial charge >= 0.3 is 6.09 Å². The summed E-state index contributed by atoms with van der Waals surface area (Å²) in [4.78, 5) is 14.2. The van der Waals surface area contributed by atoms with Crippen LogP contribution in [-0.4, -0.2) is 28.7 Å². The first-order valence-corrected chi connectivity index (χ1v) is 8.48. The Morgan fingerprint density at radius 2 is 1.84 bits per heavy atom. The Morgan fingerprint density at radius 1 is 1.20 bits per heavy atom. The minimum absolute atomic E-state index is 0.0370. The highest BCUT2D eigenvalue weighted by molar-refractivity contribution is 5.70. The van der Waals surface area contributed by atoms with Crippen LogP contribution in [0.2, 0.25) is 0 Å². The summed E-state index contributed by atoms with van der Waals surface area (Å²) in [6.07, 6.45) is 4.36. The molecular formula is C19H22F3NO2. The molecule has 0 spiro atoms. The van der Waals surface area contributed by atoms with E-state index in [2.05, 4.69) is 0 Å². The van der Waals surface area contributed by atoms with Crippen LogP contribution in [-0.2, 0) is 11.2 Å². The average molecular weight is 353 g/mol. The highest BCUT2D eigenvalue weighted by Gasteiger charge is 2.41. The van der Waals surface area contributed by atoms with Gasteiger partial charge < -0.3 is 4.74 Å². The van der Waals surface area contributed by atoms with Gasteiger partial charge in [-0.05, 0) is 64.2 Å². The van der Waals surface area contributed by atoms with Crippen LogP contribution in [0.1, 0.15) is 45.6 Å². The van der Waals surface area contributed by atoms with E-state index >= 15 is 0 Å². The van der Waals surface area contributed by atoms with E-state index < -0.39 is 23.1 Å². The molecule has 1 saturated heterocycles. The topological polar surface area (TPSA) is 29.5 Å². The molecule has 2 atom stereocenters. The molecular weight excluding hydrogens is 331 g/mol. The summed E-state index contributed by atoms with van der Waals surface area (Å²) in [5, 5.41) is 0. The molecule has 2 heterocycles. The van der Waals surface area contributed by atoms with Crippen molar-refractivity contribution >= 4 is 6.09 Å². The lowest BCUT2D eigenvalue weighted by molar-refractivity contribution is 0.0166. The van der Waals surface area contributed by atoms with Crippen LogP contribution in [0.3, 0.4) is 0 Å². The van der Waals surface area contributed by atoms with E-state index in [-0.39, 0.29) is 18.2 Å². The molecule has 2 unspecified atom stereocenters. The first-order valence-electron chi connectivity index (χ1n) is 8.48. The van der Waals surface area contributed by atoms with Gasteiger partial charge in [-0.2, -0.15) is 0 Å². The van der Waals surface area contributed by atoms with Gasteiger partial charge in [0.25, 0.3) is 0 Å². The minimum atomic E-state index is -1.45. The number of carbonyl (C=O) groups is 1. The van der Waals surface area contributed by atoms with Crippen molar-refractivity contribution in [3.8, 4) is 0 Å². The second-order valence-corrected chi connectivity index (χ2v) is 7.77. The highest BCUT2D eigenvalue weighted by atomic mass is 19.2. The predicted octanol–water partition coefficient (Wildman–Crippen LogP) is 4.74. The maximum atomic E-state index is 13.4. The maximum Gasteiger partial charge on any atom is 0.411 e. The van der Waals surface area contributed by atoms with Crippen molar-refractivity contribution in [1.82, 2.24) is 4.90 Å². The summed E-state index contributed by atoms with van der Waals surface area (Å²) >= 11 is 0. The van der Waals surface area contributed by atoms with E-state index in [0.29, 0.717) is 18.4 Å². The van der Waals surface area contributed by atoms with E-state index in [4.69, 9.17) is 4.74 Å².